The zero-order chi connectivity index (χ0) is 21.3. The van der Waals surface area contributed by atoms with Gasteiger partial charge in [-0.05, 0) is 61.5 Å². The van der Waals surface area contributed by atoms with Crippen molar-refractivity contribution >= 4 is 23.2 Å². The number of carbonyl (C=O) groups excluding carboxylic acids is 1. The molecule has 1 aliphatic rings. The number of thiophene rings is 1. The summed E-state index contributed by atoms with van der Waals surface area (Å²) in [5, 5.41) is 8.50. The molecular formula is C22H29FN4O2S. The van der Waals surface area contributed by atoms with Crippen molar-refractivity contribution in [2.24, 2.45) is 4.99 Å². The lowest BCUT2D eigenvalue weighted by molar-refractivity contribution is -0.131. The Balaban J connectivity index is 1.43. The summed E-state index contributed by atoms with van der Waals surface area (Å²) in [6.45, 7) is 7.09. The molecule has 1 atom stereocenters. The predicted octanol–water partition coefficient (Wildman–Crippen LogP) is 3.18. The van der Waals surface area contributed by atoms with Crippen molar-refractivity contribution < 1.29 is 13.9 Å². The maximum absolute atomic E-state index is 13.0. The van der Waals surface area contributed by atoms with Crippen molar-refractivity contribution in [1.82, 2.24) is 15.5 Å². The third-order valence-corrected chi connectivity index (χ3v) is 5.82. The van der Waals surface area contributed by atoms with Crippen molar-refractivity contribution in [3.8, 4) is 5.75 Å². The van der Waals surface area contributed by atoms with E-state index in [4.69, 9.17) is 4.74 Å². The van der Waals surface area contributed by atoms with Crippen LogP contribution >= 0.6 is 11.3 Å². The quantitative estimate of drug-likeness (QED) is 0.497. The van der Waals surface area contributed by atoms with Crippen LogP contribution < -0.4 is 15.4 Å². The summed E-state index contributed by atoms with van der Waals surface area (Å²) in [5.41, 5.74) is 1.28. The third-order valence-electron chi connectivity index (χ3n) is 4.79. The maximum atomic E-state index is 13.0. The molecule has 0 fully saturated rings. The van der Waals surface area contributed by atoms with Gasteiger partial charge in [-0.15, -0.1) is 11.3 Å². The van der Waals surface area contributed by atoms with E-state index in [1.54, 1.807) is 23.5 Å². The van der Waals surface area contributed by atoms with E-state index in [0.717, 1.165) is 19.5 Å². The van der Waals surface area contributed by atoms with Crippen LogP contribution in [0.3, 0.4) is 0 Å². The number of fused-ring (bicyclic) bond motifs is 1. The van der Waals surface area contributed by atoms with E-state index in [1.165, 1.54) is 22.6 Å². The molecular weight excluding hydrogens is 403 g/mol. The van der Waals surface area contributed by atoms with Gasteiger partial charge in [-0.2, -0.15) is 0 Å². The first-order valence-corrected chi connectivity index (χ1v) is 11.2. The normalized spacial score (nSPS) is 14.8. The standard InChI is InChI=1S/C22H29FN4O2S/c1-3-24-22(26-14-16(2)29-19-6-4-18(23)5-7-19)25-11-8-21(28)27-12-9-20-17(15-27)10-13-30-20/h4-7,10,13,16H,3,8-9,11-12,14-15H2,1-2H3,(H2,24,25,26). The molecule has 0 saturated heterocycles. The van der Waals surface area contributed by atoms with Gasteiger partial charge < -0.3 is 20.3 Å². The second-order valence-corrected chi connectivity index (χ2v) is 8.21. The summed E-state index contributed by atoms with van der Waals surface area (Å²) in [6, 6.07) is 8.06. The largest absolute Gasteiger partial charge is 0.489 e. The van der Waals surface area contributed by atoms with Gasteiger partial charge in [0, 0.05) is 37.5 Å². The fourth-order valence-electron chi connectivity index (χ4n) is 3.25. The number of benzene rings is 1. The molecule has 1 unspecified atom stereocenters. The minimum Gasteiger partial charge on any atom is -0.489 e. The van der Waals surface area contributed by atoms with Crippen LogP contribution in [-0.4, -0.2) is 49.0 Å². The summed E-state index contributed by atoms with van der Waals surface area (Å²) < 4.78 is 18.7. The highest BCUT2D eigenvalue weighted by Gasteiger charge is 2.21. The van der Waals surface area contributed by atoms with Crippen LogP contribution in [0.5, 0.6) is 5.75 Å². The molecule has 3 rings (SSSR count). The lowest BCUT2D eigenvalue weighted by Crippen LogP contribution is -2.41. The van der Waals surface area contributed by atoms with E-state index >= 15 is 0 Å². The Kier molecular flexibility index (Phi) is 8.07. The van der Waals surface area contributed by atoms with Gasteiger partial charge in [-0.25, -0.2) is 9.38 Å². The minimum absolute atomic E-state index is 0.156. The molecule has 1 amide bonds. The Hall–Kier alpha value is -2.61. The lowest BCUT2D eigenvalue weighted by atomic mass is 10.1. The van der Waals surface area contributed by atoms with Crippen LogP contribution in [0, 0.1) is 5.82 Å². The third kappa shape index (κ3) is 6.45. The predicted molar refractivity (Wildman–Crippen MR) is 119 cm³/mol. The van der Waals surface area contributed by atoms with Gasteiger partial charge in [0.05, 0.1) is 6.54 Å². The number of ether oxygens (including phenoxy) is 1. The van der Waals surface area contributed by atoms with Crippen molar-refractivity contribution in [2.45, 2.75) is 39.3 Å². The zero-order valence-electron chi connectivity index (χ0n) is 17.5. The minimum atomic E-state index is -0.290. The lowest BCUT2D eigenvalue weighted by Gasteiger charge is -2.27. The Labute approximate surface area is 181 Å². The van der Waals surface area contributed by atoms with E-state index in [-0.39, 0.29) is 17.8 Å². The zero-order valence-corrected chi connectivity index (χ0v) is 18.3. The van der Waals surface area contributed by atoms with Crippen molar-refractivity contribution in [2.75, 3.05) is 26.2 Å². The second-order valence-electron chi connectivity index (χ2n) is 7.21. The van der Waals surface area contributed by atoms with Crippen LogP contribution in [-0.2, 0) is 17.8 Å². The Bertz CT molecular complexity index is 853. The first-order valence-electron chi connectivity index (χ1n) is 10.3. The van der Waals surface area contributed by atoms with Crippen molar-refractivity contribution in [3.63, 3.8) is 0 Å². The molecule has 1 aromatic heterocycles. The van der Waals surface area contributed by atoms with Gasteiger partial charge in [-0.1, -0.05) is 0 Å². The van der Waals surface area contributed by atoms with E-state index in [2.05, 4.69) is 27.1 Å². The number of nitrogens with zero attached hydrogens (tertiary/aromatic N) is 2. The molecule has 2 N–H and O–H groups in total. The molecule has 0 bridgehead atoms. The number of guanidine groups is 1. The molecule has 2 heterocycles. The van der Waals surface area contributed by atoms with E-state index in [9.17, 15) is 9.18 Å². The average molecular weight is 433 g/mol. The van der Waals surface area contributed by atoms with Gasteiger partial charge in [0.2, 0.25) is 5.91 Å². The number of halogens is 1. The van der Waals surface area contributed by atoms with E-state index in [1.807, 2.05) is 18.7 Å². The smallest absolute Gasteiger partial charge is 0.224 e. The fraction of sp³-hybridized carbons (Fsp3) is 0.455. The summed E-state index contributed by atoms with van der Waals surface area (Å²) in [5.74, 6) is 1.13. The van der Waals surface area contributed by atoms with Crippen molar-refractivity contribution in [3.05, 3.63) is 52.0 Å². The van der Waals surface area contributed by atoms with Gasteiger partial charge in [0.1, 0.15) is 17.7 Å². The number of hydrogen-bond acceptors (Lipinski definition) is 4. The first kappa shape index (κ1) is 22.1. The first-order chi connectivity index (χ1) is 14.5. The van der Waals surface area contributed by atoms with Gasteiger partial charge in [-0.3, -0.25) is 4.79 Å². The van der Waals surface area contributed by atoms with Crippen LogP contribution in [0.2, 0.25) is 0 Å². The molecule has 8 heteroatoms. The molecule has 2 aromatic rings. The summed E-state index contributed by atoms with van der Waals surface area (Å²) in [6.07, 6.45) is 1.20. The number of rotatable bonds is 8. The molecule has 30 heavy (non-hydrogen) atoms. The SMILES string of the molecule is CCNC(=NCC(C)Oc1ccc(F)cc1)NCCC(=O)N1CCc2sccc2C1. The topological polar surface area (TPSA) is 66.0 Å². The van der Waals surface area contributed by atoms with Gasteiger partial charge >= 0.3 is 0 Å². The number of amides is 1. The molecule has 0 aliphatic carbocycles. The Morgan fingerprint density at radius 1 is 1.30 bits per heavy atom. The van der Waals surface area contributed by atoms with Crippen molar-refractivity contribution in [1.29, 1.82) is 0 Å². The van der Waals surface area contributed by atoms with E-state index < -0.39 is 0 Å². The number of nitrogens with one attached hydrogen (secondary N) is 2. The maximum Gasteiger partial charge on any atom is 0.224 e. The van der Waals surface area contributed by atoms with Crippen LogP contribution in [0.4, 0.5) is 4.39 Å². The molecule has 1 aliphatic heterocycles. The molecule has 0 radical (unpaired) electrons. The fourth-order valence-corrected chi connectivity index (χ4v) is 4.14. The highest BCUT2D eigenvalue weighted by Crippen LogP contribution is 2.24. The van der Waals surface area contributed by atoms with Crippen LogP contribution in [0.1, 0.15) is 30.7 Å². The highest BCUT2D eigenvalue weighted by molar-refractivity contribution is 7.10. The monoisotopic (exact) mass is 432 g/mol. The molecule has 0 spiro atoms. The average Bonchev–Trinajstić information content (AvgIpc) is 3.21. The highest BCUT2D eigenvalue weighted by atomic mass is 32.1. The van der Waals surface area contributed by atoms with Crippen LogP contribution in [0.25, 0.3) is 0 Å². The van der Waals surface area contributed by atoms with E-state index in [0.29, 0.717) is 37.8 Å². The number of aliphatic imine (C=N–C) groups is 1. The molecule has 0 saturated carbocycles. The Morgan fingerprint density at radius 3 is 2.87 bits per heavy atom. The molecule has 6 nitrogen and oxygen atoms in total. The second kappa shape index (κ2) is 11.0. The summed E-state index contributed by atoms with van der Waals surface area (Å²) in [4.78, 5) is 20.4. The van der Waals surface area contributed by atoms with Gasteiger partial charge in [0.15, 0.2) is 5.96 Å². The molecule has 1 aromatic carbocycles. The Morgan fingerprint density at radius 2 is 2.10 bits per heavy atom. The number of hydrogen-bond donors (Lipinski definition) is 2. The number of carbonyl (C=O) groups is 1. The molecule has 162 valence electrons. The summed E-state index contributed by atoms with van der Waals surface area (Å²) in [7, 11) is 0. The summed E-state index contributed by atoms with van der Waals surface area (Å²) >= 11 is 1.77. The van der Waals surface area contributed by atoms with Gasteiger partial charge in [0.25, 0.3) is 0 Å². The van der Waals surface area contributed by atoms with Crippen LogP contribution in [0.15, 0.2) is 40.7 Å².